The highest BCUT2D eigenvalue weighted by Crippen LogP contribution is 2.66. The number of aromatic nitrogens is 2. The van der Waals surface area contributed by atoms with Crippen molar-refractivity contribution in [3.05, 3.63) is 21.7 Å². The zero-order chi connectivity index (χ0) is 23.8. The molecular formula is C11H15N2O13P3S2. The van der Waals surface area contributed by atoms with Gasteiger partial charge in [0.1, 0.15) is 16.8 Å². The lowest BCUT2D eigenvalue weighted by atomic mass is 9.95. The van der Waals surface area contributed by atoms with Crippen molar-refractivity contribution in [1.29, 1.82) is 0 Å². The molecule has 0 aromatic carbocycles. The quantitative estimate of drug-likeness (QED) is 0.133. The maximum absolute atomic E-state index is 11.8. The predicted molar refractivity (Wildman–Crippen MR) is 104 cm³/mol. The first-order chi connectivity index (χ1) is 14.0. The molecule has 1 aromatic rings. The second-order valence-electron chi connectivity index (χ2n) is 5.85. The van der Waals surface area contributed by atoms with Crippen LogP contribution in [0.15, 0.2) is 12.3 Å². The van der Waals surface area contributed by atoms with E-state index in [0.717, 1.165) is 4.57 Å². The Hall–Kier alpha value is -0.630. The summed E-state index contributed by atoms with van der Waals surface area (Å²) in [5.41, 5.74) is -2.40. The van der Waals surface area contributed by atoms with E-state index in [-0.39, 0.29) is 9.41 Å². The number of terminal acetylenes is 1. The Labute approximate surface area is 183 Å². The van der Waals surface area contributed by atoms with E-state index in [9.17, 15) is 28.8 Å². The molecule has 0 saturated carbocycles. The Morgan fingerprint density at radius 3 is 2.35 bits per heavy atom. The number of H-pyrrole nitrogens is 1. The number of aliphatic hydroxyl groups excluding tert-OH is 1. The minimum absolute atomic E-state index is 0.0492. The van der Waals surface area contributed by atoms with Crippen molar-refractivity contribution < 1.29 is 61.4 Å². The lowest BCUT2D eigenvalue weighted by molar-refractivity contribution is -0.0751. The molecule has 1 fully saturated rings. The minimum atomic E-state index is -5.73. The molecule has 2 heterocycles. The number of hydrogen-bond donors (Lipinski definition) is 7. The molecule has 7 N–H and O–H groups in total. The molecule has 174 valence electrons. The van der Waals surface area contributed by atoms with Gasteiger partial charge in [0.2, 0.25) is 0 Å². The fourth-order valence-electron chi connectivity index (χ4n) is 2.42. The number of phosphoric ester groups is 1. The predicted octanol–water partition coefficient (Wildman–Crippen LogP) is 0.241. The molecular weight excluding hydrogens is 525 g/mol. The van der Waals surface area contributed by atoms with Gasteiger partial charge in [0.15, 0.2) is 16.6 Å². The molecule has 0 amide bonds. The molecule has 0 radical (unpaired) electrons. The smallest absolute Gasteiger partial charge is 0.386 e. The van der Waals surface area contributed by atoms with Gasteiger partial charge in [-0.1, -0.05) is 18.1 Å². The number of ether oxygens (including phenoxy) is 1. The van der Waals surface area contributed by atoms with Crippen LogP contribution in [0.1, 0.15) is 6.23 Å². The maximum Gasteiger partial charge on any atom is 0.490 e. The van der Waals surface area contributed by atoms with Crippen LogP contribution in [0, 0.1) is 21.8 Å². The van der Waals surface area contributed by atoms with Crippen LogP contribution in [0.4, 0.5) is 0 Å². The lowest BCUT2D eigenvalue weighted by Gasteiger charge is -2.26. The summed E-state index contributed by atoms with van der Waals surface area (Å²) < 4.78 is 52.0. The van der Waals surface area contributed by atoms with Crippen molar-refractivity contribution in [1.82, 2.24) is 9.55 Å². The second kappa shape index (κ2) is 9.32. The Balaban J connectivity index is 2.19. The number of aromatic amines is 1. The Kier molecular flexibility index (Phi) is 8.00. The molecule has 6 atom stereocenters. The summed E-state index contributed by atoms with van der Waals surface area (Å²) in [5.74, 6) is 1.94. The standard InChI is InChI=1S/C11H15N2O13P3S2/c1-2-11(15)8(14)6(24-9(11)13-4-3-7(30)12-10(13)31)5-23-28(19,20)26-29(21,22)25-27(16,17)18/h1,3-4,6,8-9,14-15H,5H2,(H,19,20)(H,21,22)(H,12,30,31)(H2,16,17,18)/t6-,8?,9-,11-/m1/s1. The molecule has 0 aliphatic carbocycles. The molecule has 0 spiro atoms. The molecule has 1 aliphatic heterocycles. The highest BCUT2D eigenvalue weighted by molar-refractivity contribution is 7.72. The van der Waals surface area contributed by atoms with E-state index in [0.29, 0.717) is 0 Å². The van der Waals surface area contributed by atoms with E-state index in [1.54, 1.807) is 0 Å². The van der Waals surface area contributed by atoms with Gasteiger partial charge in [-0.2, -0.15) is 8.62 Å². The van der Waals surface area contributed by atoms with Crippen molar-refractivity contribution in [2.24, 2.45) is 0 Å². The van der Waals surface area contributed by atoms with E-state index in [4.69, 9.17) is 50.3 Å². The van der Waals surface area contributed by atoms with E-state index < -0.39 is 54.1 Å². The van der Waals surface area contributed by atoms with Crippen LogP contribution in [0.25, 0.3) is 0 Å². The second-order valence-corrected chi connectivity index (χ2v) is 11.1. The number of nitrogens with zero attached hydrogens (tertiary/aromatic N) is 1. The highest BCUT2D eigenvalue weighted by Gasteiger charge is 2.56. The molecule has 1 aliphatic rings. The van der Waals surface area contributed by atoms with Crippen LogP contribution < -0.4 is 0 Å². The molecule has 31 heavy (non-hydrogen) atoms. The van der Waals surface area contributed by atoms with Gasteiger partial charge in [0, 0.05) is 6.20 Å². The fourth-order valence-corrected chi connectivity index (χ4v) is 5.94. The third-order valence-electron chi connectivity index (χ3n) is 3.64. The largest absolute Gasteiger partial charge is 0.490 e. The van der Waals surface area contributed by atoms with Gasteiger partial charge in [0.25, 0.3) is 0 Å². The number of hydrogen-bond acceptors (Lipinski definition) is 11. The van der Waals surface area contributed by atoms with Gasteiger partial charge in [-0.15, -0.1) is 6.42 Å². The van der Waals surface area contributed by atoms with Gasteiger partial charge in [-0.05, 0) is 18.3 Å². The molecule has 1 saturated heterocycles. The molecule has 0 bridgehead atoms. The average molecular weight is 540 g/mol. The molecule has 20 heteroatoms. The van der Waals surface area contributed by atoms with E-state index >= 15 is 0 Å². The van der Waals surface area contributed by atoms with Crippen molar-refractivity contribution >= 4 is 47.9 Å². The molecule has 2 rings (SSSR count). The van der Waals surface area contributed by atoms with Gasteiger partial charge in [-0.25, -0.2) is 13.7 Å². The summed E-state index contributed by atoms with van der Waals surface area (Å²) in [6, 6.07) is 1.37. The van der Waals surface area contributed by atoms with E-state index in [1.165, 1.54) is 12.3 Å². The monoisotopic (exact) mass is 540 g/mol. The summed E-state index contributed by atoms with van der Waals surface area (Å²) in [5, 5.41) is 21.0. The highest BCUT2D eigenvalue weighted by atomic mass is 32.1. The third kappa shape index (κ3) is 6.68. The molecule has 15 nitrogen and oxygen atoms in total. The zero-order valence-corrected chi connectivity index (χ0v) is 19.1. The van der Waals surface area contributed by atoms with Gasteiger partial charge in [-0.3, -0.25) is 9.09 Å². The molecule has 3 unspecified atom stereocenters. The number of rotatable bonds is 8. The Bertz CT molecular complexity index is 1140. The summed E-state index contributed by atoms with van der Waals surface area (Å²) in [6.07, 6.45) is 1.58. The lowest BCUT2D eigenvalue weighted by Crippen LogP contribution is -2.46. The number of aliphatic hydroxyl groups is 2. The summed E-state index contributed by atoms with van der Waals surface area (Å²) in [7, 11) is -16.8. The first-order valence-electron chi connectivity index (χ1n) is 7.63. The zero-order valence-electron chi connectivity index (χ0n) is 14.8. The third-order valence-corrected chi connectivity index (χ3v) is 7.99. The summed E-state index contributed by atoms with van der Waals surface area (Å²) in [6.45, 7) is -1.04. The summed E-state index contributed by atoms with van der Waals surface area (Å²) in [4.78, 5) is 38.2. The summed E-state index contributed by atoms with van der Waals surface area (Å²) >= 11 is 9.96. The Morgan fingerprint density at radius 1 is 1.23 bits per heavy atom. The maximum atomic E-state index is 11.8. The minimum Gasteiger partial charge on any atom is -0.386 e. The Morgan fingerprint density at radius 2 is 1.84 bits per heavy atom. The molecule has 1 aromatic heterocycles. The van der Waals surface area contributed by atoms with Crippen molar-refractivity contribution in [2.75, 3.05) is 6.61 Å². The van der Waals surface area contributed by atoms with Crippen LogP contribution in [-0.4, -0.2) is 63.8 Å². The van der Waals surface area contributed by atoms with Crippen molar-refractivity contribution in [2.45, 2.75) is 24.0 Å². The van der Waals surface area contributed by atoms with Gasteiger partial charge >= 0.3 is 23.5 Å². The number of phosphoric acid groups is 3. The fraction of sp³-hybridized carbons (Fsp3) is 0.455. The van der Waals surface area contributed by atoms with Gasteiger partial charge < -0.3 is 39.5 Å². The van der Waals surface area contributed by atoms with E-state index in [2.05, 4.69) is 18.1 Å². The van der Waals surface area contributed by atoms with Gasteiger partial charge in [0.05, 0.1) is 6.61 Å². The van der Waals surface area contributed by atoms with Crippen molar-refractivity contribution in [3.8, 4) is 12.3 Å². The van der Waals surface area contributed by atoms with Crippen molar-refractivity contribution in [3.63, 3.8) is 0 Å². The van der Waals surface area contributed by atoms with Crippen LogP contribution in [0.2, 0.25) is 0 Å². The van der Waals surface area contributed by atoms with E-state index in [1.807, 2.05) is 5.92 Å². The van der Waals surface area contributed by atoms with Crippen LogP contribution in [-0.2, 0) is 31.6 Å². The van der Waals surface area contributed by atoms with Crippen LogP contribution in [0.3, 0.4) is 0 Å². The average Bonchev–Trinajstić information content (AvgIpc) is 2.82. The first-order valence-corrected chi connectivity index (χ1v) is 13.0. The normalized spacial score (nSPS) is 30.3. The first kappa shape index (κ1) is 26.6. The SMILES string of the molecule is C#C[C@@]1(O)C(O)[C@@H](COP(=O)(O)OP(=O)(O)OP(=O)(O)O)O[C@H]1n1ccc(=S)[nH]c1=S. The topological polar surface area (TPSA) is 230 Å². The van der Waals surface area contributed by atoms with Crippen LogP contribution >= 0.6 is 47.9 Å². The number of nitrogens with one attached hydrogen (secondary N) is 1. The van der Waals surface area contributed by atoms with Crippen LogP contribution in [0.5, 0.6) is 0 Å².